The van der Waals surface area contributed by atoms with Gasteiger partial charge in [-0.25, -0.2) is 0 Å². The number of benzene rings is 1. The van der Waals surface area contributed by atoms with Crippen LogP contribution in [0, 0.1) is 0 Å². The zero-order valence-electron chi connectivity index (χ0n) is 9.19. The minimum atomic E-state index is -4.48. The number of hydrogen-bond donors (Lipinski definition) is 0. The molecule has 8 heteroatoms. The van der Waals surface area contributed by atoms with Gasteiger partial charge in [-0.3, -0.25) is 4.79 Å². The third kappa shape index (κ3) is 4.36. The van der Waals surface area contributed by atoms with Crippen molar-refractivity contribution < 1.29 is 30.6 Å². The maximum Gasteiger partial charge on any atom is 0.416 e. The van der Waals surface area contributed by atoms with Crippen LogP contribution in [-0.4, -0.2) is 14.4 Å². The number of carbonyl (C=O) groups is 1. The second-order valence-electron chi connectivity index (χ2n) is 3.47. The number of carbonyl (C=O) groups excluding carboxylic acids is 1. The van der Waals surface area contributed by atoms with E-state index in [2.05, 4.69) is 4.18 Å². The Labute approximate surface area is 101 Å². The molecule has 0 heterocycles. The highest BCUT2D eigenvalue weighted by Gasteiger charge is 2.30. The van der Waals surface area contributed by atoms with Crippen LogP contribution in [0.25, 0.3) is 0 Å². The van der Waals surface area contributed by atoms with Crippen LogP contribution in [0.4, 0.5) is 13.2 Å². The van der Waals surface area contributed by atoms with Gasteiger partial charge in [0.1, 0.15) is 5.75 Å². The smallest absolute Gasteiger partial charge is 0.346 e. The largest absolute Gasteiger partial charge is 0.416 e. The fraction of sp³-hybridized carbons (Fsp3) is 0.300. The standard InChI is InChI=1S/C10H9F3O4S/c1-7(14)17-18(15,16)6-8-2-4-9(5-3-8)10(11,12)13/h2-5H,6H2,1H3. The van der Waals surface area contributed by atoms with Gasteiger partial charge < -0.3 is 4.18 Å². The maximum atomic E-state index is 12.2. The van der Waals surface area contributed by atoms with Crippen LogP contribution >= 0.6 is 0 Å². The Bertz CT molecular complexity index is 531. The molecule has 0 spiro atoms. The number of rotatable bonds is 3. The van der Waals surface area contributed by atoms with Crippen LogP contribution in [-0.2, 0) is 31.0 Å². The lowest BCUT2D eigenvalue weighted by molar-refractivity contribution is -0.137. The van der Waals surface area contributed by atoms with Crippen LogP contribution in [0.3, 0.4) is 0 Å². The Kier molecular flexibility index (Phi) is 4.00. The molecule has 1 aromatic carbocycles. The van der Waals surface area contributed by atoms with Crippen molar-refractivity contribution in [2.45, 2.75) is 18.9 Å². The van der Waals surface area contributed by atoms with Gasteiger partial charge in [0.15, 0.2) is 0 Å². The minimum Gasteiger partial charge on any atom is -0.346 e. The van der Waals surface area contributed by atoms with Crippen molar-refractivity contribution in [3.8, 4) is 0 Å². The monoisotopic (exact) mass is 282 g/mol. The van der Waals surface area contributed by atoms with Crippen molar-refractivity contribution in [3.05, 3.63) is 35.4 Å². The van der Waals surface area contributed by atoms with Gasteiger partial charge in [-0.05, 0) is 17.7 Å². The predicted molar refractivity (Wildman–Crippen MR) is 55.8 cm³/mol. The zero-order valence-corrected chi connectivity index (χ0v) is 10.0. The lowest BCUT2D eigenvalue weighted by Crippen LogP contribution is -2.12. The van der Waals surface area contributed by atoms with E-state index >= 15 is 0 Å². The van der Waals surface area contributed by atoms with E-state index in [9.17, 15) is 26.4 Å². The molecule has 0 aliphatic carbocycles. The highest BCUT2D eigenvalue weighted by atomic mass is 32.2. The molecule has 100 valence electrons. The SMILES string of the molecule is CC(=O)OS(=O)(=O)Cc1ccc(C(F)(F)F)cc1. The molecule has 4 nitrogen and oxygen atoms in total. The van der Waals surface area contributed by atoms with Crippen molar-refractivity contribution in [1.29, 1.82) is 0 Å². The van der Waals surface area contributed by atoms with E-state index in [4.69, 9.17) is 0 Å². The molecule has 0 saturated carbocycles. The highest BCUT2D eigenvalue weighted by Crippen LogP contribution is 2.29. The van der Waals surface area contributed by atoms with Gasteiger partial charge in [-0.2, -0.15) is 21.6 Å². The Morgan fingerprint density at radius 1 is 1.22 bits per heavy atom. The third-order valence-corrected chi connectivity index (χ3v) is 3.04. The molecular weight excluding hydrogens is 273 g/mol. The molecule has 1 aromatic rings. The Hall–Kier alpha value is -1.57. The molecule has 18 heavy (non-hydrogen) atoms. The molecule has 0 unspecified atom stereocenters. The molecule has 0 radical (unpaired) electrons. The molecule has 0 amide bonds. The first-order chi connectivity index (χ1) is 8.10. The van der Waals surface area contributed by atoms with Crippen molar-refractivity contribution >= 4 is 16.1 Å². The predicted octanol–water partition coefficient (Wildman–Crippen LogP) is 2.10. The third-order valence-electron chi connectivity index (χ3n) is 1.87. The first-order valence-electron chi connectivity index (χ1n) is 4.69. The van der Waals surface area contributed by atoms with Crippen LogP contribution in [0.2, 0.25) is 0 Å². The van der Waals surface area contributed by atoms with Crippen LogP contribution < -0.4 is 0 Å². The minimum absolute atomic E-state index is 0.101. The number of halogens is 3. The second kappa shape index (κ2) is 4.97. The summed E-state index contributed by atoms with van der Waals surface area (Å²) in [6.45, 7) is 0.921. The first kappa shape index (κ1) is 14.5. The molecule has 0 N–H and O–H groups in total. The average molecular weight is 282 g/mol. The summed E-state index contributed by atoms with van der Waals surface area (Å²) in [4.78, 5) is 10.5. The van der Waals surface area contributed by atoms with Gasteiger partial charge in [0.05, 0.1) is 5.56 Å². The summed E-state index contributed by atoms with van der Waals surface area (Å²) in [5, 5.41) is 0. The summed E-state index contributed by atoms with van der Waals surface area (Å²) in [7, 11) is -4.11. The fourth-order valence-electron chi connectivity index (χ4n) is 1.20. The molecular formula is C10H9F3O4S. The highest BCUT2D eigenvalue weighted by molar-refractivity contribution is 7.86. The molecule has 1 rings (SSSR count). The summed E-state index contributed by atoms with van der Waals surface area (Å²) >= 11 is 0. The van der Waals surface area contributed by atoms with E-state index < -0.39 is 33.6 Å². The molecule has 0 aliphatic heterocycles. The molecule has 0 aromatic heterocycles. The van der Waals surface area contributed by atoms with Gasteiger partial charge in [0, 0.05) is 6.92 Å². The number of hydrogen-bond acceptors (Lipinski definition) is 4. The van der Waals surface area contributed by atoms with Gasteiger partial charge in [0.2, 0.25) is 0 Å². The first-order valence-corrected chi connectivity index (χ1v) is 6.27. The van der Waals surface area contributed by atoms with E-state index in [0.717, 1.165) is 31.2 Å². The van der Waals surface area contributed by atoms with Gasteiger partial charge in [-0.15, -0.1) is 0 Å². The molecule has 0 fully saturated rings. The Morgan fingerprint density at radius 3 is 2.11 bits per heavy atom. The quantitative estimate of drug-likeness (QED) is 0.796. The molecule has 0 bridgehead atoms. The van der Waals surface area contributed by atoms with Crippen molar-refractivity contribution in [2.24, 2.45) is 0 Å². The summed E-state index contributed by atoms with van der Waals surface area (Å²) in [6, 6.07) is 3.56. The summed E-state index contributed by atoms with van der Waals surface area (Å²) < 4.78 is 63.2. The summed E-state index contributed by atoms with van der Waals surface area (Å²) in [6.07, 6.45) is -4.48. The second-order valence-corrected chi connectivity index (χ2v) is 5.04. The van der Waals surface area contributed by atoms with Gasteiger partial charge >= 0.3 is 22.3 Å². The maximum absolute atomic E-state index is 12.2. The van der Waals surface area contributed by atoms with Gasteiger partial charge in [0.25, 0.3) is 0 Å². The average Bonchev–Trinajstić information content (AvgIpc) is 2.13. The summed E-state index contributed by atoms with van der Waals surface area (Å²) in [5.41, 5.74) is -0.777. The van der Waals surface area contributed by atoms with Gasteiger partial charge in [-0.1, -0.05) is 12.1 Å². The lowest BCUT2D eigenvalue weighted by Gasteiger charge is -2.07. The van der Waals surface area contributed by atoms with E-state index in [1.54, 1.807) is 0 Å². The van der Waals surface area contributed by atoms with Crippen molar-refractivity contribution in [2.75, 3.05) is 0 Å². The van der Waals surface area contributed by atoms with Crippen molar-refractivity contribution in [1.82, 2.24) is 0 Å². The van der Waals surface area contributed by atoms with Crippen LogP contribution in [0.15, 0.2) is 24.3 Å². The van der Waals surface area contributed by atoms with E-state index in [1.165, 1.54) is 0 Å². The topological polar surface area (TPSA) is 60.4 Å². The van der Waals surface area contributed by atoms with E-state index in [0.29, 0.717) is 0 Å². The Balaban J connectivity index is 2.85. The summed E-state index contributed by atoms with van der Waals surface area (Å²) in [5.74, 6) is -1.66. The lowest BCUT2D eigenvalue weighted by atomic mass is 10.1. The van der Waals surface area contributed by atoms with Crippen LogP contribution in [0.1, 0.15) is 18.1 Å². The Morgan fingerprint density at radius 2 is 1.72 bits per heavy atom. The van der Waals surface area contributed by atoms with E-state index in [-0.39, 0.29) is 5.56 Å². The number of alkyl halides is 3. The zero-order chi connectivity index (χ0) is 14.0. The molecule has 0 aliphatic rings. The molecule has 0 saturated heterocycles. The van der Waals surface area contributed by atoms with Crippen LogP contribution in [0.5, 0.6) is 0 Å². The van der Waals surface area contributed by atoms with Crippen molar-refractivity contribution in [3.63, 3.8) is 0 Å². The normalized spacial score (nSPS) is 12.2. The fourth-order valence-corrected chi connectivity index (χ4v) is 2.22. The van der Waals surface area contributed by atoms with E-state index in [1.807, 2.05) is 0 Å². The molecule has 0 atom stereocenters.